The largest absolute Gasteiger partial charge is 0.368 e. The molecular weight excluding hydrogens is 290 g/mol. The Kier molecular flexibility index (Phi) is 5.26. The molecule has 0 aromatic heterocycles. The fourth-order valence-electron chi connectivity index (χ4n) is 2.88. The van der Waals surface area contributed by atoms with E-state index < -0.39 is 0 Å². The molecule has 1 aliphatic rings. The zero-order chi connectivity index (χ0) is 17.0. The Morgan fingerprint density at radius 2 is 1.87 bits per heavy atom. The normalized spacial score (nSPS) is 15.5. The minimum absolute atomic E-state index is 0.0280. The van der Waals surface area contributed by atoms with Crippen molar-refractivity contribution in [2.24, 2.45) is 5.84 Å². The third-order valence-corrected chi connectivity index (χ3v) is 4.17. The first-order chi connectivity index (χ1) is 10.8. The number of carbonyl (C=O) groups is 1. The van der Waals surface area contributed by atoms with E-state index in [0.29, 0.717) is 13.1 Å². The molecule has 1 aliphatic heterocycles. The van der Waals surface area contributed by atoms with E-state index >= 15 is 0 Å². The molecule has 6 nitrogen and oxygen atoms in total. The smallest absolute Gasteiger partial charge is 0.243 e. The number of anilines is 1. The summed E-state index contributed by atoms with van der Waals surface area (Å²) in [5.41, 5.74) is 2.68. The SMILES string of the molecule is CC(C)(C)c1ccccc1N1CCN(C(=O)CN(N)C=N)CC1. The molecule has 0 spiro atoms. The number of hydrogen-bond donors (Lipinski definition) is 2. The van der Waals surface area contributed by atoms with Crippen LogP contribution in [-0.2, 0) is 10.2 Å². The van der Waals surface area contributed by atoms with Crippen LogP contribution >= 0.6 is 0 Å². The predicted octanol–water partition coefficient (Wildman–Crippen LogP) is 1.42. The number of nitrogens with one attached hydrogen (secondary N) is 1. The van der Waals surface area contributed by atoms with Gasteiger partial charge in [-0.1, -0.05) is 39.0 Å². The number of nitrogens with two attached hydrogens (primary N) is 1. The zero-order valence-electron chi connectivity index (χ0n) is 14.2. The van der Waals surface area contributed by atoms with E-state index in [0.717, 1.165) is 24.4 Å². The topological polar surface area (TPSA) is 76.7 Å². The predicted molar refractivity (Wildman–Crippen MR) is 93.6 cm³/mol. The molecule has 1 fully saturated rings. The molecule has 1 aromatic carbocycles. The number of hydrogen-bond acceptors (Lipinski definition) is 4. The van der Waals surface area contributed by atoms with Crippen LogP contribution in [0.5, 0.6) is 0 Å². The lowest BCUT2D eigenvalue weighted by Gasteiger charge is -2.38. The second-order valence-corrected chi connectivity index (χ2v) is 6.94. The maximum atomic E-state index is 12.1. The summed E-state index contributed by atoms with van der Waals surface area (Å²) in [7, 11) is 0. The Morgan fingerprint density at radius 1 is 1.26 bits per heavy atom. The van der Waals surface area contributed by atoms with Gasteiger partial charge < -0.3 is 9.80 Å². The molecule has 0 bridgehead atoms. The number of amides is 1. The van der Waals surface area contributed by atoms with Gasteiger partial charge in [-0.05, 0) is 17.0 Å². The highest BCUT2D eigenvalue weighted by Gasteiger charge is 2.25. The molecule has 6 heteroatoms. The van der Waals surface area contributed by atoms with Crippen molar-refractivity contribution in [1.82, 2.24) is 9.91 Å². The second-order valence-electron chi connectivity index (χ2n) is 6.94. The Morgan fingerprint density at radius 3 is 2.43 bits per heavy atom. The maximum absolute atomic E-state index is 12.1. The van der Waals surface area contributed by atoms with Crippen molar-refractivity contribution < 1.29 is 4.79 Å². The van der Waals surface area contributed by atoms with Gasteiger partial charge in [0.1, 0.15) is 6.54 Å². The van der Waals surface area contributed by atoms with Gasteiger partial charge in [0.15, 0.2) is 0 Å². The van der Waals surface area contributed by atoms with E-state index in [9.17, 15) is 4.79 Å². The average molecular weight is 317 g/mol. The molecule has 1 heterocycles. The number of carbonyl (C=O) groups excluding carboxylic acids is 1. The Hall–Kier alpha value is -2.08. The Bertz CT molecular complexity index is 558. The van der Waals surface area contributed by atoms with E-state index in [1.807, 2.05) is 4.90 Å². The summed E-state index contributed by atoms with van der Waals surface area (Å²) < 4.78 is 0. The monoisotopic (exact) mass is 317 g/mol. The van der Waals surface area contributed by atoms with E-state index in [4.69, 9.17) is 11.3 Å². The summed E-state index contributed by atoms with van der Waals surface area (Å²) in [6.07, 6.45) is 0.966. The molecule has 23 heavy (non-hydrogen) atoms. The van der Waals surface area contributed by atoms with Gasteiger partial charge in [0.25, 0.3) is 0 Å². The summed E-state index contributed by atoms with van der Waals surface area (Å²) in [5.74, 6) is 5.47. The second kappa shape index (κ2) is 7.00. The first-order valence-electron chi connectivity index (χ1n) is 7.97. The van der Waals surface area contributed by atoms with Gasteiger partial charge >= 0.3 is 0 Å². The Balaban J connectivity index is 2.03. The number of nitrogens with zero attached hydrogens (tertiary/aromatic N) is 3. The van der Waals surface area contributed by atoms with Gasteiger partial charge in [0, 0.05) is 31.9 Å². The van der Waals surface area contributed by atoms with Crippen molar-refractivity contribution in [3.8, 4) is 0 Å². The average Bonchev–Trinajstić information content (AvgIpc) is 2.54. The quantitative estimate of drug-likeness (QED) is 0.381. The molecule has 126 valence electrons. The Labute approximate surface area is 138 Å². The van der Waals surface area contributed by atoms with Gasteiger partial charge in [0.2, 0.25) is 5.91 Å². The molecule has 0 atom stereocenters. The van der Waals surface area contributed by atoms with Crippen molar-refractivity contribution in [3.05, 3.63) is 29.8 Å². The molecular formula is C17H27N5O. The zero-order valence-corrected chi connectivity index (χ0v) is 14.2. The van der Waals surface area contributed by atoms with Crippen LogP contribution in [0.25, 0.3) is 0 Å². The number of piperazine rings is 1. The highest BCUT2D eigenvalue weighted by atomic mass is 16.2. The highest BCUT2D eigenvalue weighted by Crippen LogP contribution is 2.32. The highest BCUT2D eigenvalue weighted by molar-refractivity contribution is 5.80. The number of benzene rings is 1. The summed E-state index contributed by atoms with van der Waals surface area (Å²) in [5, 5.41) is 8.14. The van der Waals surface area contributed by atoms with E-state index in [-0.39, 0.29) is 17.9 Å². The van der Waals surface area contributed by atoms with Gasteiger partial charge in [-0.2, -0.15) is 0 Å². The van der Waals surface area contributed by atoms with Gasteiger partial charge in [-0.3, -0.25) is 15.2 Å². The minimum atomic E-state index is -0.0280. The summed E-state index contributed by atoms with van der Waals surface area (Å²) >= 11 is 0. The molecule has 2 rings (SSSR count). The molecule has 0 unspecified atom stereocenters. The van der Waals surface area contributed by atoms with E-state index in [1.54, 1.807) is 0 Å². The maximum Gasteiger partial charge on any atom is 0.243 e. The van der Waals surface area contributed by atoms with Crippen LogP contribution in [-0.4, -0.2) is 54.9 Å². The number of hydrazine groups is 1. The fraction of sp³-hybridized carbons (Fsp3) is 0.529. The third-order valence-electron chi connectivity index (χ3n) is 4.17. The molecule has 1 saturated heterocycles. The summed E-state index contributed by atoms with van der Waals surface area (Å²) in [6.45, 7) is 9.72. The van der Waals surface area contributed by atoms with Gasteiger partial charge in [-0.15, -0.1) is 0 Å². The third kappa shape index (κ3) is 4.22. The van der Waals surface area contributed by atoms with Crippen LogP contribution in [0, 0.1) is 5.41 Å². The first-order valence-corrected chi connectivity index (χ1v) is 7.97. The molecule has 1 amide bonds. The van der Waals surface area contributed by atoms with E-state index in [1.165, 1.54) is 11.3 Å². The molecule has 0 radical (unpaired) electrons. The molecule has 0 aliphatic carbocycles. The van der Waals surface area contributed by atoms with Crippen molar-refractivity contribution in [2.45, 2.75) is 26.2 Å². The summed E-state index contributed by atoms with van der Waals surface area (Å²) in [4.78, 5) is 16.3. The fourth-order valence-corrected chi connectivity index (χ4v) is 2.88. The summed E-state index contributed by atoms with van der Waals surface area (Å²) in [6, 6.07) is 8.49. The van der Waals surface area contributed by atoms with Crippen molar-refractivity contribution >= 4 is 17.9 Å². The van der Waals surface area contributed by atoms with Crippen molar-refractivity contribution in [1.29, 1.82) is 5.41 Å². The minimum Gasteiger partial charge on any atom is -0.368 e. The first kappa shape index (κ1) is 17.3. The number of para-hydroxylation sites is 1. The number of rotatable bonds is 4. The molecule has 3 N–H and O–H groups in total. The van der Waals surface area contributed by atoms with Crippen LogP contribution in [0.1, 0.15) is 26.3 Å². The standard InChI is InChI=1S/C17H27N5O/c1-17(2,3)14-6-4-5-7-15(14)20-8-10-21(11-9-20)16(23)12-22(19)13-18/h4-7,13,18H,8-12,19H2,1-3H3. The van der Waals surface area contributed by atoms with Crippen LogP contribution < -0.4 is 10.7 Å². The van der Waals surface area contributed by atoms with Crippen LogP contribution in [0.2, 0.25) is 0 Å². The van der Waals surface area contributed by atoms with Crippen LogP contribution in [0.3, 0.4) is 0 Å². The molecule has 1 aromatic rings. The van der Waals surface area contributed by atoms with Gasteiger partial charge in [-0.25, -0.2) is 5.84 Å². The van der Waals surface area contributed by atoms with Crippen molar-refractivity contribution in [2.75, 3.05) is 37.6 Å². The lowest BCUT2D eigenvalue weighted by molar-refractivity contribution is -0.131. The lowest BCUT2D eigenvalue weighted by Crippen LogP contribution is -2.52. The lowest BCUT2D eigenvalue weighted by atomic mass is 9.85. The van der Waals surface area contributed by atoms with Crippen molar-refractivity contribution in [3.63, 3.8) is 0 Å². The van der Waals surface area contributed by atoms with Crippen LogP contribution in [0.15, 0.2) is 24.3 Å². The van der Waals surface area contributed by atoms with Crippen LogP contribution in [0.4, 0.5) is 5.69 Å². The van der Waals surface area contributed by atoms with E-state index in [2.05, 4.69) is 49.9 Å². The van der Waals surface area contributed by atoms with Gasteiger partial charge in [0.05, 0.1) is 6.34 Å². The molecule has 0 saturated carbocycles.